The maximum absolute atomic E-state index is 8.63. The zero-order valence-electron chi connectivity index (χ0n) is 27.8. The van der Waals surface area contributed by atoms with Crippen LogP contribution in [0, 0.1) is 13.1 Å². The van der Waals surface area contributed by atoms with Gasteiger partial charge in [-0.3, -0.25) is 4.85 Å². The van der Waals surface area contributed by atoms with E-state index in [-0.39, 0.29) is 0 Å². The van der Waals surface area contributed by atoms with Gasteiger partial charge < -0.3 is 9.13 Å². The molecule has 0 fully saturated rings. The van der Waals surface area contributed by atoms with Crippen LogP contribution in [0.5, 0.6) is 0 Å². The Hall–Kier alpha value is -7.40. The van der Waals surface area contributed by atoms with Crippen molar-refractivity contribution in [2.45, 2.75) is 0 Å². The number of fused-ring (bicyclic) bond motifs is 14. The van der Waals surface area contributed by atoms with Crippen LogP contribution in [0.15, 0.2) is 158 Å². The third-order valence-corrected chi connectivity index (χ3v) is 10.9. The Morgan fingerprint density at radius 3 is 1.08 bits per heavy atom. The molecule has 0 saturated carbocycles. The van der Waals surface area contributed by atoms with Gasteiger partial charge in [-0.1, -0.05) is 127 Å². The summed E-state index contributed by atoms with van der Waals surface area (Å²) in [4.78, 5) is 8.08. The van der Waals surface area contributed by atoms with Gasteiger partial charge in [0.2, 0.25) is 5.69 Å². The van der Waals surface area contributed by atoms with E-state index in [0.717, 1.165) is 60.1 Å². The molecule has 4 nitrogen and oxygen atoms in total. The normalized spacial score (nSPS) is 11.8. The van der Waals surface area contributed by atoms with Gasteiger partial charge >= 0.3 is 0 Å². The van der Waals surface area contributed by atoms with Gasteiger partial charge in [0, 0.05) is 21.5 Å². The van der Waals surface area contributed by atoms with Crippen LogP contribution in [0.1, 0.15) is 0 Å². The quantitative estimate of drug-likeness (QED) is 0.165. The first-order valence-electron chi connectivity index (χ1n) is 17.3. The number of nitrogens with zero attached hydrogens (tertiary/aromatic N) is 4. The predicted molar refractivity (Wildman–Crippen MR) is 218 cm³/mol. The van der Waals surface area contributed by atoms with Crippen molar-refractivity contribution in [1.29, 1.82) is 0 Å². The van der Waals surface area contributed by atoms with Gasteiger partial charge in [-0.2, -0.15) is 0 Å². The summed E-state index contributed by atoms with van der Waals surface area (Å²) in [6.07, 6.45) is 0. The standard InChI is InChI=1S/C48H26N4/c1-49-37-23-28-42(51-38-24-19-29-11-3-7-15-33(29)43(38)44-34-16-8-4-12-30(34)20-25-39(44)51)48(47(37)50-2)52-40-26-21-31-13-5-9-17-35(31)45(40)46-36-18-10-6-14-32(36)22-27-41(46)52/h3-28H. The van der Waals surface area contributed by atoms with E-state index in [2.05, 4.69) is 164 Å². The van der Waals surface area contributed by atoms with Crippen LogP contribution in [0.2, 0.25) is 0 Å². The maximum Gasteiger partial charge on any atom is 0.220 e. The molecule has 11 aromatic rings. The van der Waals surface area contributed by atoms with Crippen molar-refractivity contribution in [3.05, 3.63) is 181 Å². The first-order chi connectivity index (χ1) is 25.7. The summed E-state index contributed by atoms with van der Waals surface area (Å²) in [5, 5.41) is 14.0. The maximum atomic E-state index is 8.63. The van der Waals surface area contributed by atoms with E-state index in [1.165, 1.54) is 32.3 Å². The fraction of sp³-hybridized carbons (Fsp3) is 0. The molecule has 0 atom stereocenters. The summed E-state index contributed by atoms with van der Waals surface area (Å²) >= 11 is 0. The molecule has 0 aliphatic heterocycles. The minimum absolute atomic E-state index is 0.335. The Balaban J connectivity index is 1.40. The van der Waals surface area contributed by atoms with Crippen molar-refractivity contribution in [3.63, 3.8) is 0 Å². The molecule has 0 N–H and O–H groups in total. The lowest BCUT2D eigenvalue weighted by atomic mass is 10.00. The summed E-state index contributed by atoms with van der Waals surface area (Å²) in [5.74, 6) is 0. The highest BCUT2D eigenvalue weighted by atomic mass is 15.1. The van der Waals surface area contributed by atoms with Crippen LogP contribution >= 0.6 is 0 Å². The molecule has 0 saturated heterocycles. The molecule has 0 spiro atoms. The molecule has 2 aromatic heterocycles. The summed E-state index contributed by atoms with van der Waals surface area (Å²) in [5.41, 5.74) is 6.32. The first kappa shape index (κ1) is 28.4. The molecule has 238 valence electrons. The molecule has 11 rings (SSSR count). The largest absolute Gasteiger partial charge is 0.318 e. The van der Waals surface area contributed by atoms with Crippen LogP contribution in [-0.2, 0) is 0 Å². The van der Waals surface area contributed by atoms with Crippen LogP contribution in [0.4, 0.5) is 11.4 Å². The first-order valence-corrected chi connectivity index (χ1v) is 17.3. The number of benzene rings is 9. The smallest absolute Gasteiger partial charge is 0.220 e. The van der Waals surface area contributed by atoms with Gasteiger partial charge in [0.15, 0.2) is 5.69 Å². The van der Waals surface area contributed by atoms with Crippen molar-refractivity contribution >= 4 is 98.1 Å². The molecular formula is C48H26N4. The average Bonchev–Trinajstić information content (AvgIpc) is 3.74. The highest BCUT2D eigenvalue weighted by molar-refractivity contribution is 6.30. The zero-order valence-corrected chi connectivity index (χ0v) is 27.8. The van der Waals surface area contributed by atoms with Crippen LogP contribution in [0.25, 0.3) is 108 Å². The molecular weight excluding hydrogens is 633 g/mol. The van der Waals surface area contributed by atoms with E-state index < -0.39 is 0 Å². The summed E-state index contributed by atoms with van der Waals surface area (Å²) in [6, 6.07) is 55.6. The van der Waals surface area contributed by atoms with Crippen molar-refractivity contribution in [2.75, 3.05) is 0 Å². The Kier molecular flexibility index (Phi) is 5.77. The Labute approximate surface area is 298 Å². The highest BCUT2D eigenvalue weighted by Crippen LogP contribution is 2.48. The Morgan fingerprint density at radius 1 is 0.346 bits per heavy atom. The van der Waals surface area contributed by atoms with Gasteiger partial charge in [0.25, 0.3) is 0 Å². The molecule has 2 heterocycles. The fourth-order valence-corrected chi connectivity index (χ4v) is 8.76. The lowest BCUT2D eigenvalue weighted by Gasteiger charge is -2.19. The SMILES string of the molecule is [C-]#[N+]c1ccc(-n2c3ccc4ccccc4c3c3c4ccccc4ccc32)c(-n2c3ccc4ccccc4c3c3c4ccccc4ccc32)c1[N+]#[C-]. The minimum Gasteiger partial charge on any atom is -0.318 e. The molecule has 0 unspecified atom stereocenters. The lowest BCUT2D eigenvalue weighted by molar-refractivity contribution is 1.10. The summed E-state index contributed by atoms with van der Waals surface area (Å²) in [7, 11) is 0. The van der Waals surface area contributed by atoms with E-state index in [9.17, 15) is 0 Å². The molecule has 0 amide bonds. The van der Waals surface area contributed by atoms with Crippen molar-refractivity contribution < 1.29 is 0 Å². The van der Waals surface area contributed by atoms with E-state index in [4.69, 9.17) is 13.1 Å². The highest BCUT2D eigenvalue weighted by Gasteiger charge is 2.26. The van der Waals surface area contributed by atoms with Crippen molar-refractivity contribution in [3.8, 4) is 11.4 Å². The molecule has 4 heteroatoms. The summed E-state index contributed by atoms with van der Waals surface area (Å²) in [6.45, 7) is 16.8. The third kappa shape index (κ3) is 3.68. The predicted octanol–water partition coefficient (Wildman–Crippen LogP) is 13.6. The minimum atomic E-state index is 0.335. The summed E-state index contributed by atoms with van der Waals surface area (Å²) < 4.78 is 4.57. The third-order valence-electron chi connectivity index (χ3n) is 10.9. The van der Waals surface area contributed by atoms with E-state index in [0.29, 0.717) is 17.1 Å². The van der Waals surface area contributed by atoms with Gasteiger partial charge in [0.1, 0.15) is 0 Å². The van der Waals surface area contributed by atoms with Crippen molar-refractivity contribution in [2.24, 2.45) is 0 Å². The topological polar surface area (TPSA) is 18.6 Å². The van der Waals surface area contributed by atoms with Crippen LogP contribution in [0.3, 0.4) is 0 Å². The number of rotatable bonds is 2. The molecule has 52 heavy (non-hydrogen) atoms. The second-order valence-corrected chi connectivity index (χ2v) is 13.4. The number of hydrogen-bond acceptors (Lipinski definition) is 0. The lowest BCUT2D eigenvalue weighted by Crippen LogP contribution is -2.04. The second kappa shape index (κ2) is 10.6. The Morgan fingerprint density at radius 2 is 0.712 bits per heavy atom. The van der Waals surface area contributed by atoms with E-state index >= 15 is 0 Å². The van der Waals surface area contributed by atoms with E-state index in [1.807, 2.05) is 12.1 Å². The molecule has 0 aliphatic carbocycles. The van der Waals surface area contributed by atoms with Gasteiger partial charge in [-0.25, -0.2) is 4.85 Å². The molecule has 9 aromatic carbocycles. The monoisotopic (exact) mass is 658 g/mol. The van der Waals surface area contributed by atoms with Gasteiger partial charge in [-0.05, 0) is 73.4 Å². The number of hydrogen-bond donors (Lipinski definition) is 0. The molecule has 0 bridgehead atoms. The zero-order chi connectivity index (χ0) is 34.5. The van der Waals surface area contributed by atoms with Crippen LogP contribution in [-0.4, -0.2) is 9.13 Å². The van der Waals surface area contributed by atoms with E-state index in [1.54, 1.807) is 0 Å². The number of aromatic nitrogens is 2. The van der Waals surface area contributed by atoms with Gasteiger partial charge in [-0.15, -0.1) is 0 Å². The second-order valence-electron chi connectivity index (χ2n) is 13.4. The molecule has 0 radical (unpaired) electrons. The van der Waals surface area contributed by atoms with Gasteiger partial charge in [0.05, 0.1) is 46.6 Å². The Bertz CT molecular complexity index is 3250. The van der Waals surface area contributed by atoms with Crippen molar-refractivity contribution in [1.82, 2.24) is 9.13 Å². The fourth-order valence-electron chi connectivity index (χ4n) is 8.76. The average molecular weight is 659 g/mol. The molecule has 0 aliphatic rings. The van der Waals surface area contributed by atoms with Crippen LogP contribution < -0.4 is 0 Å².